The Hall–Kier alpha value is -3.47. The van der Waals surface area contributed by atoms with E-state index in [-0.39, 0.29) is 23.7 Å². The van der Waals surface area contributed by atoms with Gasteiger partial charge in [0.25, 0.3) is 0 Å². The maximum atomic E-state index is 14.6. The third-order valence-electron chi connectivity index (χ3n) is 5.97. The van der Waals surface area contributed by atoms with Crippen LogP contribution in [-0.4, -0.2) is 42.6 Å². The van der Waals surface area contributed by atoms with Crippen LogP contribution in [0.2, 0.25) is 5.15 Å². The quantitative estimate of drug-likeness (QED) is 0.292. The normalized spacial score (nSPS) is 17.8. The summed E-state index contributed by atoms with van der Waals surface area (Å²) in [7, 11) is 0. The van der Waals surface area contributed by atoms with Crippen molar-refractivity contribution in [3.05, 3.63) is 77.1 Å². The second-order valence-corrected chi connectivity index (χ2v) is 9.12. The predicted molar refractivity (Wildman–Crippen MR) is 134 cm³/mol. The molecule has 0 spiro atoms. The Bertz CT molecular complexity index is 1300. The van der Waals surface area contributed by atoms with Crippen LogP contribution in [0.4, 0.5) is 16.0 Å². The number of hydrogen-bond donors (Lipinski definition) is 3. The lowest BCUT2D eigenvalue weighted by molar-refractivity contribution is 0.0174. The molecule has 3 N–H and O–H groups in total. The van der Waals surface area contributed by atoms with Gasteiger partial charge in [0.1, 0.15) is 16.7 Å². The van der Waals surface area contributed by atoms with E-state index in [0.717, 1.165) is 36.1 Å². The van der Waals surface area contributed by atoms with Gasteiger partial charge in [0.2, 0.25) is 5.95 Å². The van der Waals surface area contributed by atoms with Crippen molar-refractivity contribution in [3.8, 4) is 11.4 Å². The number of nitrogens with zero attached hydrogens (tertiary/aromatic N) is 5. The van der Waals surface area contributed by atoms with E-state index in [4.69, 9.17) is 16.3 Å². The number of rotatable bonds is 8. The largest absolute Gasteiger partial charge is 0.378 e. The van der Waals surface area contributed by atoms with E-state index in [1.165, 1.54) is 0 Å². The molecule has 36 heavy (non-hydrogen) atoms. The van der Waals surface area contributed by atoms with Crippen molar-refractivity contribution in [1.29, 1.82) is 0 Å². The van der Waals surface area contributed by atoms with Crippen LogP contribution in [0, 0.1) is 5.82 Å². The van der Waals surface area contributed by atoms with Gasteiger partial charge in [0.05, 0.1) is 41.8 Å². The molecule has 11 heteroatoms. The summed E-state index contributed by atoms with van der Waals surface area (Å²) in [6, 6.07) is 7.46. The molecule has 5 heterocycles. The van der Waals surface area contributed by atoms with Gasteiger partial charge >= 0.3 is 0 Å². The maximum Gasteiger partial charge on any atom is 0.228 e. The highest BCUT2D eigenvalue weighted by Crippen LogP contribution is 2.30. The Labute approximate surface area is 213 Å². The minimum Gasteiger partial charge on any atom is -0.378 e. The van der Waals surface area contributed by atoms with Gasteiger partial charge in [0, 0.05) is 31.8 Å². The zero-order chi connectivity index (χ0) is 24.9. The summed E-state index contributed by atoms with van der Waals surface area (Å²) in [5.74, 6) is 0.831. The zero-order valence-electron chi connectivity index (χ0n) is 19.7. The number of imidazole rings is 1. The highest BCUT2D eigenvalue weighted by atomic mass is 35.5. The van der Waals surface area contributed by atoms with E-state index >= 15 is 0 Å². The number of nitrogens with one attached hydrogen (secondary N) is 3. The standard InChI is InChI=1S/C25H26ClFN8O/c1-15-8-17(6-7-36-15)24-31-14-21(34-24)23-20(27)13-32-25(35-23)33-19-4-3-18(29-12-19)11-28-9-16-2-5-22(26)30-10-16/h2-5,10,12-15,17,28H,6-9,11H2,1H3,(H,31,34)(H,32,33,35). The fourth-order valence-electron chi connectivity index (χ4n) is 4.11. The number of ether oxygens (including phenoxy) is 1. The number of hydrogen-bond acceptors (Lipinski definition) is 8. The van der Waals surface area contributed by atoms with E-state index in [1.807, 2.05) is 18.2 Å². The smallest absolute Gasteiger partial charge is 0.228 e. The second-order valence-electron chi connectivity index (χ2n) is 8.73. The molecular weight excluding hydrogens is 483 g/mol. The van der Waals surface area contributed by atoms with Crippen molar-refractivity contribution < 1.29 is 9.13 Å². The first-order valence-corrected chi connectivity index (χ1v) is 12.1. The molecule has 0 aliphatic carbocycles. The first-order valence-electron chi connectivity index (χ1n) is 11.8. The summed E-state index contributed by atoms with van der Waals surface area (Å²) < 4.78 is 20.2. The van der Waals surface area contributed by atoms with Crippen molar-refractivity contribution in [1.82, 2.24) is 35.2 Å². The summed E-state index contributed by atoms with van der Waals surface area (Å²) in [6.45, 7) is 3.99. The van der Waals surface area contributed by atoms with Gasteiger partial charge in [-0.25, -0.2) is 24.3 Å². The van der Waals surface area contributed by atoms with Crippen LogP contribution in [0.15, 0.2) is 49.1 Å². The molecule has 0 saturated carbocycles. The molecule has 186 valence electrons. The Morgan fingerprint density at radius 3 is 2.75 bits per heavy atom. The Kier molecular flexibility index (Phi) is 7.45. The van der Waals surface area contributed by atoms with Gasteiger partial charge in [-0.1, -0.05) is 17.7 Å². The van der Waals surface area contributed by atoms with E-state index in [2.05, 4.69) is 47.5 Å². The number of H-pyrrole nitrogens is 1. The Balaban J connectivity index is 1.21. The maximum absolute atomic E-state index is 14.6. The Morgan fingerprint density at radius 2 is 1.97 bits per heavy atom. The fraction of sp³-hybridized carbons (Fsp3) is 0.320. The molecule has 5 rings (SSSR count). The lowest BCUT2D eigenvalue weighted by Gasteiger charge is -2.25. The molecule has 0 radical (unpaired) electrons. The molecule has 1 aliphatic heterocycles. The minimum atomic E-state index is -0.522. The van der Waals surface area contributed by atoms with Crippen LogP contribution in [0.5, 0.6) is 0 Å². The van der Waals surface area contributed by atoms with Crippen molar-refractivity contribution in [2.45, 2.75) is 44.9 Å². The molecule has 4 aromatic rings. The van der Waals surface area contributed by atoms with E-state index in [1.54, 1.807) is 24.7 Å². The number of aromatic nitrogens is 6. The molecule has 2 atom stereocenters. The molecule has 2 unspecified atom stereocenters. The molecule has 1 saturated heterocycles. The second kappa shape index (κ2) is 11.1. The summed E-state index contributed by atoms with van der Waals surface area (Å²) in [5.41, 5.74) is 3.28. The monoisotopic (exact) mass is 508 g/mol. The van der Waals surface area contributed by atoms with Gasteiger partial charge < -0.3 is 20.4 Å². The number of pyridine rings is 2. The van der Waals surface area contributed by atoms with Gasteiger partial charge in [-0.2, -0.15) is 0 Å². The van der Waals surface area contributed by atoms with Gasteiger partial charge in [-0.05, 0) is 43.5 Å². The van der Waals surface area contributed by atoms with Crippen LogP contribution >= 0.6 is 11.6 Å². The average Bonchev–Trinajstić information content (AvgIpc) is 3.38. The molecule has 0 amide bonds. The fourth-order valence-corrected chi connectivity index (χ4v) is 4.22. The summed E-state index contributed by atoms with van der Waals surface area (Å²) in [5, 5.41) is 6.88. The topological polar surface area (TPSA) is 114 Å². The third kappa shape index (κ3) is 6.01. The molecule has 0 bridgehead atoms. The Morgan fingerprint density at radius 1 is 1.06 bits per heavy atom. The molecular formula is C25H26ClFN8O. The molecule has 4 aromatic heterocycles. The van der Waals surface area contributed by atoms with Gasteiger partial charge in [-0.3, -0.25) is 4.98 Å². The number of anilines is 2. The third-order valence-corrected chi connectivity index (χ3v) is 6.19. The molecule has 9 nitrogen and oxygen atoms in total. The van der Waals surface area contributed by atoms with Gasteiger partial charge in [-0.15, -0.1) is 0 Å². The van der Waals surface area contributed by atoms with E-state index in [0.29, 0.717) is 36.2 Å². The lowest BCUT2D eigenvalue weighted by Crippen LogP contribution is -2.22. The zero-order valence-corrected chi connectivity index (χ0v) is 20.5. The van der Waals surface area contributed by atoms with Gasteiger partial charge in [0.15, 0.2) is 5.82 Å². The summed E-state index contributed by atoms with van der Waals surface area (Å²) >= 11 is 5.81. The molecule has 1 fully saturated rings. The number of halogens is 2. The van der Waals surface area contributed by atoms with Crippen molar-refractivity contribution >= 4 is 23.2 Å². The van der Waals surface area contributed by atoms with Crippen LogP contribution < -0.4 is 10.6 Å². The van der Waals surface area contributed by atoms with Crippen molar-refractivity contribution in [2.24, 2.45) is 0 Å². The average molecular weight is 509 g/mol. The SMILES string of the molecule is CC1CC(c2ncc(-c3nc(Nc4ccc(CNCc5ccc(Cl)nc5)nc4)ncc3F)[nH]2)CCO1. The highest BCUT2D eigenvalue weighted by molar-refractivity contribution is 6.29. The minimum absolute atomic E-state index is 0.164. The van der Waals surface area contributed by atoms with Crippen LogP contribution in [0.25, 0.3) is 11.4 Å². The van der Waals surface area contributed by atoms with E-state index < -0.39 is 5.82 Å². The first kappa shape index (κ1) is 24.2. The van der Waals surface area contributed by atoms with Crippen LogP contribution in [0.3, 0.4) is 0 Å². The van der Waals surface area contributed by atoms with Crippen molar-refractivity contribution in [3.63, 3.8) is 0 Å². The lowest BCUT2D eigenvalue weighted by atomic mass is 9.96. The van der Waals surface area contributed by atoms with Crippen LogP contribution in [-0.2, 0) is 17.8 Å². The number of aromatic amines is 1. The van der Waals surface area contributed by atoms with Crippen molar-refractivity contribution in [2.75, 3.05) is 11.9 Å². The summed E-state index contributed by atoms with van der Waals surface area (Å²) in [4.78, 5) is 24.7. The molecule has 0 aromatic carbocycles. The highest BCUT2D eigenvalue weighted by Gasteiger charge is 2.24. The van der Waals surface area contributed by atoms with Crippen LogP contribution in [0.1, 0.15) is 42.8 Å². The predicted octanol–water partition coefficient (Wildman–Crippen LogP) is 4.77. The van der Waals surface area contributed by atoms with E-state index in [9.17, 15) is 4.39 Å². The first-order chi connectivity index (χ1) is 17.5. The molecule has 1 aliphatic rings. The summed E-state index contributed by atoms with van der Waals surface area (Å²) in [6.07, 6.45) is 8.14.